The molecule has 2 aromatic heterocycles. The fourth-order valence-corrected chi connectivity index (χ4v) is 5.57. The summed E-state index contributed by atoms with van der Waals surface area (Å²) in [4.78, 5) is 19.1. The van der Waals surface area contributed by atoms with E-state index in [2.05, 4.69) is 16.4 Å². The van der Waals surface area contributed by atoms with Crippen molar-refractivity contribution in [2.75, 3.05) is 5.32 Å². The van der Waals surface area contributed by atoms with Crippen LogP contribution in [0.5, 0.6) is 5.75 Å². The number of hydrogen-bond donors (Lipinski definition) is 1. The van der Waals surface area contributed by atoms with Crippen molar-refractivity contribution in [2.24, 2.45) is 0 Å². The van der Waals surface area contributed by atoms with Crippen LogP contribution in [0.2, 0.25) is 5.02 Å². The quantitative estimate of drug-likeness (QED) is 0.544. The molecule has 0 spiro atoms. The van der Waals surface area contributed by atoms with E-state index in [4.69, 9.17) is 16.3 Å². The standard InChI is InChI=1S/C21H18ClN3O2S2/c1-12-19(29-18(24-12)11-27-14-8-6-13(22)7-9-14)20(26)25-21-16(10-23)15-4-2-3-5-17(15)28-21/h6-9H,2-5,11H2,1H3,(H,25,26). The Kier molecular flexibility index (Phi) is 5.86. The lowest BCUT2D eigenvalue weighted by Gasteiger charge is -2.09. The number of thiazole rings is 1. The average molecular weight is 444 g/mol. The largest absolute Gasteiger partial charge is 0.486 e. The van der Waals surface area contributed by atoms with Crippen molar-refractivity contribution in [3.63, 3.8) is 0 Å². The fourth-order valence-electron chi connectivity index (χ4n) is 3.33. The number of amides is 1. The van der Waals surface area contributed by atoms with Crippen LogP contribution in [0.1, 0.15) is 49.2 Å². The molecule has 2 heterocycles. The molecule has 0 unspecified atom stereocenters. The number of ether oxygens (including phenoxy) is 1. The first-order chi connectivity index (χ1) is 14.0. The number of carbonyl (C=O) groups excluding carboxylic acids is 1. The number of aromatic nitrogens is 1. The maximum atomic E-state index is 12.8. The zero-order chi connectivity index (χ0) is 20.4. The van der Waals surface area contributed by atoms with Gasteiger partial charge in [-0.05, 0) is 62.4 Å². The number of aryl methyl sites for hydroxylation is 2. The molecule has 148 valence electrons. The van der Waals surface area contributed by atoms with E-state index in [1.807, 2.05) is 6.92 Å². The number of benzene rings is 1. The monoisotopic (exact) mass is 443 g/mol. The Morgan fingerprint density at radius 2 is 2.03 bits per heavy atom. The lowest BCUT2D eigenvalue weighted by Crippen LogP contribution is -2.11. The van der Waals surface area contributed by atoms with Crippen molar-refractivity contribution >= 4 is 45.2 Å². The minimum atomic E-state index is -0.229. The molecule has 0 aliphatic heterocycles. The number of fused-ring (bicyclic) bond motifs is 1. The SMILES string of the molecule is Cc1nc(COc2ccc(Cl)cc2)sc1C(=O)Nc1sc2c(c1C#N)CCCC2. The molecule has 1 amide bonds. The van der Waals surface area contributed by atoms with Crippen LogP contribution in [0, 0.1) is 18.3 Å². The van der Waals surface area contributed by atoms with Gasteiger partial charge in [0.05, 0.1) is 11.3 Å². The van der Waals surface area contributed by atoms with Crippen molar-refractivity contribution in [3.8, 4) is 11.8 Å². The van der Waals surface area contributed by atoms with E-state index in [-0.39, 0.29) is 12.5 Å². The minimum absolute atomic E-state index is 0.229. The highest BCUT2D eigenvalue weighted by molar-refractivity contribution is 7.17. The maximum Gasteiger partial charge on any atom is 0.268 e. The zero-order valence-corrected chi connectivity index (χ0v) is 18.1. The molecule has 0 saturated heterocycles. The summed E-state index contributed by atoms with van der Waals surface area (Å²) in [7, 11) is 0. The van der Waals surface area contributed by atoms with Gasteiger partial charge in [-0.15, -0.1) is 22.7 Å². The molecule has 0 atom stereocenters. The molecule has 4 rings (SSSR count). The molecule has 8 heteroatoms. The molecular weight excluding hydrogens is 426 g/mol. The molecule has 1 aliphatic carbocycles. The average Bonchev–Trinajstić information content (AvgIpc) is 3.27. The van der Waals surface area contributed by atoms with Crippen LogP contribution in [0.25, 0.3) is 0 Å². The van der Waals surface area contributed by atoms with Crippen LogP contribution in [-0.4, -0.2) is 10.9 Å². The number of rotatable bonds is 5. The molecule has 5 nitrogen and oxygen atoms in total. The van der Waals surface area contributed by atoms with Crippen molar-refractivity contribution < 1.29 is 9.53 Å². The molecule has 0 fully saturated rings. The lowest BCUT2D eigenvalue weighted by atomic mass is 9.96. The predicted molar refractivity (Wildman–Crippen MR) is 116 cm³/mol. The number of nitrogens with zero attached hydrogens (tertiary/aromatic N) is 2. The van der Waals surface area contributed by atoms with Gasteiger partial charge in [0.25, 0.3) is 5.91 Å². The Bertz CT molecular complexity index is 1100. The summed E-state index contributed by atoms with van der Waals surface area (Å²) in [6, 6.07) is 9.38. The van der Waals surface area contributed by atoms with Gasteiger partial charge in [-0.3, -0.25) is 4.79 Å². The van der Waals surface area contributed by atoms with Crippen LogP contribution in [0.4, 0.5) is 5.00 Å². The Morgan fingerprint density at radius 1 is 1.28 bits per heavy atom. The summed E-state index contributed by atoms with van der Waals surface area (Å²) in [5, 5.41) is 14.5. The van der Waals surface area contributed by atoms with Gasteiger partial charge in [0.1, 0.15) is 33.3 Å². The summed E-state index contributed by atoms with van der Waals surface area (Å²) in [6.45, 7) is 2.08. The number of thiophene rings is 1. The van der Waals surface area contributed by atoms with E-state index in [1.165, 1.54) is 27.6 Å². The number of anilines is 1. The van der Waals surface area contributed by atoms with Gasteiger partial charge in [0.15, 0.2) is 0 Å². The van der Waals surface area contributed by atoms with Gasteiger partial charge in [0, 0.05) is 9.90 Å². The van der Waals surface area contributed by atoms with Crippen LogP contribution in [-0.2, 0) is 19.4 Å². The van der Waals surface area contributed by atoms with Crippen molar-refractivity contribution in [1.82, 2.24) is 4.98 Å². The number of hydrogen-bond acceptors (Lipinski definition) is 6. The van der Waals surface area contributed by atoms with Crippen LogP contribution in [0.15, 0.2) is 24.3 Å². The number of nitriles is 1. The number of carbonyl (C=O) groups is 1. The highest BCUT2D eigenvalue weighted by Crippen LogP contribution is 2.38. The summed E-state index contributed by atoms with van der Waals surface area (Å²) in [6.07, 6.45) is 4.13. The molecule has 3 aromatic rings. The second-order valence-electron chi connectivity index (χ2n) is 6.75. The van der Waals surface area contributed by atoms with Gasteiger partial charge in [-0.2, -0.15) is 5.26 Å². The topological polar surface area (TPSA) is 75.0 Å². The van der Waals surface area contributed by atoms with Crippen molar-refractivity contribution in [2.45, 2.75) is 39.2 Å². The first-order valence-corrected chi connectivity index (χ1v) is 11.3. The van der Waals surface area contributed by atoms with E-state index in [9.17, 15) is 10.1 Å². The predicted octanol–water partition coefficient (Wildman–Crippen LogP) is 5.75. The van der Waals surface area contributed by atoms with Gasteiger partial charge in [0.2, 0.25) is 0 Å². The zero-order valence-electron chi connectivity index (χ0n) is 15.8. The first kappa shape index (κ1) is 19.9. The molecular formula is C21H18ClN3O2S2. The van der Waals surface area contributed by atoms with E-state index in [1.54, 1.807) is 24.3 Å². The molecule has 0 bridgehead atoms. The van der Waals surface area contributed by atoms with Gasteiger partial charge < -0.3 is 10.1 Å². The third-order valence-corrected chi connectivity index (χ3v) is 7.32. The lowest BCUT2D eigenvalue weighted by molar-refractivity contribution is 0.103. The summed E-state index contributed by atoms with van der Waals surface area (Å²) >= 11 is 8.71. The summed E-state index contributed by atoms with van der Waals surface area (Å²) < 4.78 is 5.72. The Balaban J connectivity index is 1.48. The van der Waals surface area contributed by atoms with Crippen molar-refractivity contribution in [3.05, 3.63) is 60.9 Å². The highest BCUT2D eigenvalue weighted by Gasteiger charge is 2.23. The molecule has 0 radical (unpaired) electrons. The minimum Gasteiger partial charge on any atom is -0.486 e. The van der Waals surface area contributed by atoms with Gasteiger partial charge in [-0.25, -0.2) is 4.98 Å². The second-order valence-corrected chi connectivity index (χ2v) is 9.37. The Hall–Kier alpha value is -2.40. The third kappa shape index (κ3) is 4.30. The van der Waals surface area contributed by atoms with Crippen LogP contribution < -0.4 is 10.1 Å². The Morgan fingerprint density at radius 3 is 2.79 bits per heavy atom. The van der Waals surface area contributed by atoms with Gasteiger partial charge in [-0.1, -0.05) is 11.6 Å². The van der Waals surface area contributed by atoms with Crippen LogP contribution >= 0.6 is 34.3 Å². The Labute approximate surface area is 181 Å². The number of nitrogens with one attached hydrogen (secondary N) is 1. The number of halogens is 1. The van der Waals surface area contributed by atoms with E-state index in [0.717, 1.165) is 31.2 Å². The van der Waals surface area contributed by atoms with E-state index in [0.29, 0.717) is 36.9 Å². The summed E-state index contributed by atoms with van der Waals surface area (Å²) in [5.74, 6) is 0.462. The molecule has 0 saturated carbocycles. The highest BCUT2D eigenvalue weighted by atomic mass is 35.5. The molecule has 29 heavy (non-hydrogen) atoms. The molecule has 1 aliphatic rings. The van der Waals surface area contributed by atoms with E-state index >= 15 is 0 Å². The van der Waals surface area contributed by atoms with Crippen LogP contribution in [0.3, 0.4) is 0 Å². The smallest absolute Gasteiger partial charge is 0.268 e. The van der Waals surface area contributed by atoms with Crippen molar-refractivity contribution in [1.29, 1.82) is 5.26 Å². The second kappa shape index (κ2) is 8.54. The fraction of sp³-hybridized carbons (Fsp3) is 0.286. The van der Waals surface area contributed by atoms with E-state index < -0.39 is 0 Å². The van der Waals surface area contributed by atoms with Gasteiger partial charge >= 0.3 is 0 Å². The maximum absolute atomic E-state index is 12.8. The normalized spacial score (nSPS) is 12.9. The third-order valence-electron chi connectivity index (χ3n) is 4.73. The first-order valence-electron chi connectivity index (χ1n) is 9.26. The molecule has 1 aromatic carbocycles. The summed E-state index contributed by atoms with van der Waals surface area (Å²) in [5.41, 5.74) is 2.38. The molecule has 1 N–H and O–H groups in total.